The molecule has 1 N–H and O–H groups in total. The number of aryl methyl sites for hydroxylation is 1. The molecule has 0 aliphatic rings. The molecule has 0 bridgehead atoms. The minimum atomic E-state index is -1.01. The quantitative estimate of drug-likeness (QED) is 0.872. The van der Waals surface area contributed by atoms with E-state index in [2.05, 4.69) is 0 Å². The van der Waals surface area contributed by atoms with Crippen molar-refractivity contribution in [3.05, 3.63) is 29.8 Å². The number of carbonyl (C=O) groups excluding carboxylic acids is 1. The van der Waals surface area contributed by atoms with Crippen molar-refractivity contribution in [1.29, 1.82) is 0 Å². The van der Waals surface area contributed by atoms with E-state index in [1.54, 1.807) is 6.07 Å². The average molecular weight is 249 g/mol. The summed E-state index contributed by atoms with van der Waals surface area (Å²) in [5.74, 6) is -0.954. The molecule has 0 saturated heterocycles. The van der Waals surface area contributed by atoms with Crippen LogP contribution < -0.4 is 4.90 Å². The first-order valence-corrected chi connectivity index (χ1v) is 5.99. The van der Waals surface area contributed by atoms with Crippen LogP contribution >= 0.6 is 0 Å². The zero-order valence-corrected chi connectivity index (χ0v) is 11.0. The fraction of sp³-hybridized carbons (Fsp3) is 0.429. The number of hydrogen-bond acceptors (Lipinski definition) is 2. The summed E-state index contributed by atoms with van der Waals surface area (Å²) < 4.78 is 0. The van der Waals surface area contributed by atoms with Crippen molar-refractivity contribution in [2.24, 2.45) is 5.92 Å². The molecule has 0 aromatic heterocycles. The highest BCUT2D eigenvalue weighted by molar-refractivity contribution is 5.97. The molecule has 18 heavy (non-hydrogen) atoms. The summed E-state index contributed by atoms with van der Waals surface area (Å²) in [7, 11) is 0. The molecule has 0 fully saturated rings. The average Bonchev–Trinajstić information content (AvgIpc) is 2.24. The van der Waals surface area contributed by atoms with Gasteiger partial charge in [-0.05, 0) is 30.5 Å². The van der Waals surface area contributed by atoms with Crippen LogP contribution in [0.5, 0.6) is 0 Å². The van der Waals surface area contributed by atoms with Crippen molar-refractivity contribution in [3.63, 3.8) is 0 Å². The van der Waals surface area contributed by atoms with E-state index in [4.69, 9.17) is 5.11 Å². The van der Waals surface area contributed by atoms with Crippen LogP contribution in [0.2, 0.25) is 0 Å². The second kappa shape index (κ2) is 6.19. The molecule has 4 heteroatoms. The van der Waals surface area contributed by atoms with Crippen LogP contribution in [0.1, 0.15) is 25.8 Å². The first-order chi connectivity index (χ1) is 8.40. The Hall–Kier alpha value is -1.84. The third kappa shape index (κ3) is 4.20. The van der Waals surface area contributed by atoms with Gasteiger partial charge in [-0.2, -0.15) is 0 Å². The van der Waals surface area contributed by atoms with E-state index in [1.807, 2.05) is 39.0 Å². The molecule has 0 saturated carbocycles. The van der Waals surface area contributed by atoms with Gasteiger partial charge in [0.2, 0.25) is 5.91 Å². The highest BCUT2D eigenvalue weighted by atomic mass is 16.4. The number of amides is 1. The van der Waals surface area contributed by atoms with Gasteiger partial charge in [0, 0.05) is 12.1 Å². The normalized spacial score (nSPS) is 10.4. The van der Waals surface area contributed by atoms with Gasteiger partial charge in [0.1, 0.15) is 6.54 Å². The maximum atomic E-state index is 12.1. The predicted octanol–water partition coefficient (Wildman–Crippen LogP) is 2.46. The molecule has 0 radical (unpaired) electrons. The van der Waals surface area contributed by atoms with Crippen LogP contribution in [0, 0.1) is 12.8 Å². The summed E-state index contributed by atoms with van der Waals surface area (Å²) in [4.78, 5) is 24.3. The third-order valence-electron chi connectivity index (χ3n) is 2.49. The Morgan fingerprint density at radius 1 is 1.33 bits per heavy atom. The van der Waals surface area contributed by atoms with Crippen LogP contribution in [-0.4, -0.2) is 23.5 Å². The first-order valence-electron chi connectivity index (χ1n) is 5.99. The number of benzene rings is 1. The standard InChI is InChI=1S/C14H19NO3/c1-10(2)7-13(16)15(9-14(17)18)12-6-4-5-11(3)8-12/h4-6,8,10H,7,9H2,1-3H3,(H,17,18). The van der Waals surface area contributed by atoms with E-state index in [-0.39, 0.29) is 18.4 Å². The fourth-order valence-electron chi connectivity index (χ4n) is 1.71. The van der Waals surface area contributed by atoms with Crippen LogP contribution in [0.15, 0.2) is 24.3 Å². The molecule has 1 rings (SSSR count). The zero-order valence-electron chi connectivity index (χ0n) is 11.0. The van der Waals surface area contributed by atoms with E-state index in [1.165, 1.54) is 4.90 Å². The smallest absolute Gasteiger partial charge is 0.323 e. The molecule has 1 aromatic rings. The number of carboxylic acids is 1. The number of rotatable bonds is 5. The predicted molar refractivity (Wildman–Crippen MR) is 70.6 cm³/mol. The van der Waals surface area contributed by atoms with Gasteiger partial charge >= 0.3 is 5.97 Å². The Bertz CT molecular complexity index is 440. The highest BCUT2D eigenvalue weighted by Gasteiger charge is 2.19. The lowest BCUT2D eigenvalue weighted by molar-refractivity contribution is -0.136. The minimum absolute atomic E-state index is 0.155. The van der Waals surface area contributed by atoms with Gasteiger partial charge in [0.25, 0.3) is 0 Å². The molecular formula is C14H19NO3. The number of nitrogens with zero attached hydrogens (tertiary/aromatic N) is 1. The number of aliphatic carboxylic acids is 1. The summed E-state index contributed by atoms with van der Waals surface area (Å²) in [6.07, 6.45) is 0.348. The Kier molecular flexibility index (Phi) is 4.89. The second-order valence-corrected chi connectivity index (χ2v) is 4.81. The van der Waals surface area contributed by atoms with Gasteiger partial charge in [-0.15, -0.1) is 0 Å². The lowest BCUT2D eigenvalue weighted by atomic mass is 10.1. The van der Waals surface area contributed by atoms with Crippen LogP contribution in [0.3, 0.4) is 0 Å². The highest BCUT2D eigenvalue weighted by Crippen LogP contribution is 2.18. The van der Waals surface area contributed by atoms with Gasteiger partial charge in [-0.1, -0.05) is 26.0 Å². The van der Waals surface area contributed by atoms with Gasteiger partial charge < -0.3 is 10.0 Å². The lowest BCUT2D eigenvalue weighted by Crippen LogP contribution is -2.36. The maximum Gasteiger partial charge on any atom is 0.323 e. The van der Waals surface area contributed by atoms with Crippen molar-refractivity contribution in [3.8, 4) is 0 Å². The molecule has 0 aliphatic carbocycles. The van der Waals surface area contributed by atoms with Crippen LogP contribution in [0.4, 0.5) is 5.69 Å². The number of carbonyl (C=O) groups is 2. The SMILES string of the molecule is Cc1cccc(N(CC(=O)O)C(=O)CC(C)C)c1. The van der Waals surface area contributed by atoms with Crippen LogP contribution in [-0.2, 0) is 9.59 Å². The molecule has 1 aromatic carbocycles. The Morgan fingerprint density at radius 2 is 2.00 bits per heavy atom. The van der Waals surface area contributed by atoms with Gasteiger partial charge in [-0.3, -0.25) is 9.59 Å². The molecule has 1 amide bonds. The van der Waals surface area contributed by atoms with E-state index < -0.39 is 5.97 Å². The summed E-state index contributed by atoms with van der Waals surface area (Å²) in [5, 5.41) is 8.90. The zero-order chi connectivity index (χ0) is 13.7. The van der Waals surface area contributed by atoms with E-state index in [9.17, 15) is 9.59 Å². The fourth-order valence-corrected chi connectivity index (χ4v) is 1.71. The monoisotopic (exact) mass is 249 g/mol. The summed E-state index contributed by atoms with van der Waals surface area (Å²) in [6, 6.07) is 7.31. The van der Waals surface area contributed by atoms with Gasteiger partial charge in [0.05, 0.1) is 0 Å². The molecule has 98 valence electrons. The van der Waals surface area contributed by atoms with Crippen molar-refractivity contribution < 1.29 is 14.7 Å². The third-order valence-corrected chi connectivity index (χ3v) is 2.49. The molecular weight excluding hydrogens is 230 g/mol. The Balaban J connectivity index is 2.97. The molecule has 0 atom stereocenters. The van der Waals surface area contributed by atoms with Crippen molar-refractivity contribution in [2.45, 2.75) is 27.2 Å². The molecule has 0 unspecified atom stereocenters. The van der Waals surface area contributed by atoms with Crippen LogP contribution in [0.25, 0.3) is 0 Å². The van der Waals surface area contributed by atoms with Crippen molar-refractivity contribution in [2.75, 3.05) is 11.4 Å². The topological polar surface area (TPSA) is 57.6 Å². The largest absolute Gasteiger partial charge is 0.480 e. The molecule has 0 heterocycles. The van der Waals surface area contributed by atoms with E-state index in [0.29, 0.717) is 12.1 Å². The van der Waals surface area contributed by atoms with E-state index >= 15 is 0 Å². The molecule has 4 nitrogen and oxygen atoms in total. The van der Waals surface area contributed by atoms with Crippen molar-refractivity contribution >= 4 is 17.6 Å². The molecule has 0 spiro atoms. The first kappa shape index (κ1) is 14.2. The van der Waals surface area contributed by atoms with Gasteiger partial charge in [-0.25, -0.2) is 0 Å². The second-order valence-electron chi connectivity index (χ2n) is 4.81. The Labute approximate surface area is 107 Å². The number of hydrogen-bond donors (Lipinski definition) is 1. The van der Waals surface area contributed by atoms with Gasteiger partial charge in [0.15, 0.2) is 0 Å². The summed E-state index contributed by atoms with van der Waals surface area (Å²) in [5.41, 5.74) is 1.64. The Morgan fingerprint density at radius 3 is 2.50 bits per heavy atom. The maximum absolute atomic E-state index is 12.1. The lowest BCUT2D eigenvalue weighted by Gasteiger charge is -2.22. The molecule has 0 aliphatic heterocycles. The minimum Gasteiger partial charge on any atom is -0.480 e. The summed E-state index contributed by atoms with van der Waals surface area (Å²) >= 11 is 0. The summed E-state index contributed by atoms with van der Waals surface area (Å²) in [6.45, 7) is 5.49. The number of anilines is 1. The van der Waals surface area contributed by atoms with E-state index in [0.717, 1.165) is 5.56 Å². The van der Waals surface area contributed by atoms with Crippen molar-refractivity contribution in [1.82, 2.24) is 0 Å². The number of carboxylic acid groups (broad SMARTS) is 1.